The Kier molecular flexibility index (Phi) is 3.12. The minimum atomic E-state index is -1.31. The van der Waals surface area contributed by atoms with Crippen LogP contribution in [0.4, 0.5) is 0 Å². The average Bonchev–Trinajstić information content (AvgIpc) is 2.33. The predicted octanol–water partition coefficient (Wildman–Crippen LogP) is 1.24. The molecule has 2 rings (SSSR count). The van der Waals surface area contributed by atoms with Gasteiger partial charge in [0.05, 0.1) is 19.3 Å². The van der Waals surface area contributed by atoms with Crippen molar-refractivity contribution in [2.75, 3.05) is 20.3 Å². The summed E-state index contributed by atoms with van der Waals surface area (Å²) in [5, 5.41) is 14.0. The standard InChI is InChI=1S/C13H19NO3/c1-12(2)13(15,17-9-8-14-12)10-4-6-11(16-3)7-5-10/h4-7,14-15H,8-9H2,1-3H3. The molecule has 0 spiro atoms. The molecule has 1 atom stereocenters. The van der Waals surface area contributed by atoms with E-state index in [9.17, 15) is 5.11 Å². The lowest BCUT2D eigenvalue weighted by molar-refractivity contribution is -0.273. The van der Waals surface area contributed by atoms with Crippen LogP contribution >= 0.6 is 0 Å². The number of hydrogen-bond donors (Lipinski definition) is 2. The average molecular weight is 237 g/mol. The summed E-state index contributed by atoms with van der Waals surface area (Å²) >= 11 is 0. The highest BCUT2D eigenvalue weighted by molar-refractivity contribution is 5.32. The first kappa shape index (κ1) is 12.4. The van der Waals surface area contributed by atoms with Crippen LogP contribution in [-0.4, -0.2) is 30.9 Å². The highest BCUT2D eigenvalue weighted by Crippen LogP contribution is 2.36. The van der Waals surface area contributed by atoms with Gasteiger partial charge in [-0.3, -0.25) is 0 Å². The zero-order valence-electron chi connectivity index (χ0n) is 10.5. The zero-order chi connectivity index (χ0) is 12.5. The molecule has 1 saturated heterocycles. The summed E-state index contributed by atoms with van der Waals surface area (Å²) in [6.45, 7) is 5.09. The Hall–Kier alpha value is -1.10. The first-order valence-electron chi connectivity index (χ1n) is 5.75. The van der Waals surface area contributed by atoms with Crippen molar-refractivity contribution < 1.29 is 14.6 Å². The molecule has 1 unspecified atom stereocenters. The van der Waals surface area contributed by atoms with E-state index in [2.05, 4.69) is 5.32 Å². The van der Waals surface area contributed by atoms with E-state index in [1.54, 1.807) is 7.11 Å². The van der Waals surface area contributed by atoms with Crippen molar-refractivity contribution in [3.05, 3.63) is 29.8 Å². The Morgan fingerprint density at radius 2 is 1.94 bits per heavy atom. The molecule has 4 nitrogen and oxygen atoms in total. The second-order valence-electron chi connectivity index (χ2n) is 4.77. The highest BCUT2D eigenvalue weighted by Gasteiger charge is 2.48. The van der Waals surface area contributed by atoms with Crippen LogP contribution in [0.2, 0.25) is 0 Å². The minimum Gasteiger partial charge on any atom is -0.497 e. The number of hydrogen-bond acceptors (Lipinski definition) is 4. The topological polar surface area (TPSA) is 50.7 Å². The summed E-state index contributed by atoms with van der Waals surface area (Å²) in [6.07, 6.45) is 0. The van der Waals surface area contributed by atoms with Crippen LogP contribution in [0.15, 0.2) is 24.3 Å². The van der Waals surface area contributed by atoms with Crippen molar-refractivity contribution in [2.24, 2.45) is 0 Å². The van der Waals surface area contributed by atoms with E-state index in [1.807, 2.05) is 38.1 Å². The molecule has 1 heterocycles. The molecule has 1 aliphatic heterocycles. The van der Waals surface area contributed by atoms with Gasteiger partial charge in [0, 0.05) is 12.1 Å². The smallest absolute Gasteiger partial charge is 0.210 e. The second kappa shape index (κ2) is 4.29. The van der Waals surface area contributed by atoms with Gasteiger partial charge >= 0.3 is 0 Å². The van der Waals surface area contributed by atoms with Gasteiger partial charge in [-0.15, -0.1) is 0 Å². The van der Waals surface area contributed by atoms with Crippen LogP contribution in [0.1, 0.15) is 19.4 Å². The summed E-state index contributed by atoms with van der Waals surface area (Å²) in [7, 11) is 1.62. The van der Waals surface area contributed by atoms with E-state index in [0.717, 1.165) is 17.9 Å². The maximum absolute atomic E-state index is 10.7. The monoisotopic (exact) mass is 237 g/mol. The fourth-order valence-electron chi connectivity index (χ4n) is 2.12. The van der Waals surface area contributed by atoms with Crippen molar-refractivity contribution in [2.45, 2.75) is 25.2 Å². The van der Waals surface area contributed by atoms with Gasteiger partial charge < -0.3 is 19.9 Å². The predicted molar refractivity (Wildman–Crippen MR) is 64.9 cm³/mol. The van der Waals surface area contributed by atoms with Gasteiger partial charge in [-0.25, -0.2) is 0 Å². The van der Waals surface area contributed by atoms with Gasteiger partial charge in [-0.05, 0) is 38.1 Å². The summed E-state index contributed by atoms with van der Waals surface area (Å²) in [4.78, 5) is 0. The van der Waals surface area contributed by atoms with Gasteiger partial charge in [0.15, 0.2) is 0 Å². The summed E-state index contributed by atoms with van der Waals surface area (Å²) in [5.41, 5.74) is 0.204. The van der Waals surface area contributed by atoms with Crippen LogP contribution < -0.4 is 10.1 Å². The molecule has 1 fully saturated rings. The number of benzene rings is 1. The zero-order valence-corrected chi connectivity index (χ0v) is 10.5. The molecular formula is C13H19NO3. The fraction of sp³-hybridized carbons (Fsp3) is 0.538. The molecular weight excluding hydrogens is 218 g/mol. The van der Waals surface area contributed by atoms with E-state index < -0.39 is 11.3 Å². The molecule has 94 valence electrons. The highest BCUT2D eigenvalue weighted by atomic mass is 16.6. The molecule has 1 aliphatic rings. The Labute approximate surface area is 102 Å². The summed E-state index contributed by atoms with van der Waals surface area (Å²) < 4.78 is 10.7. The number of aliphatic hydroxyl groups is 1. The molecule has 0 bridgehead atoms. The third-order valence-electron chi connectivity index (χ3n) is 3.31. The van der Waals surface area contributed by atoms with Crippen molar-refractivity contribution >= 4 is 0 Å². The van der Waals surface area contributed by atoms with Gasteiger partial charge in [0.2, 0.25) is 5.79 Å². The molecule has 0 radical (unpaired) electrons. The summed E-state index contributed by atoms with van der Waals surface area (Å²) in [5.74, 6) is -0.545. The normalized spacial score (nSPS) is 27.8. The molecule has 1 aromatic rings. The van der Waals surface area contributed by atoms with E-state index in [4.69, 9.17) is 9.47 Å². The lowest BCUT2D eigenvalue weighted by Gasteiger charge is -2.46. The molecule has 0 aliphatic carbocycles. The Balaban J connectivity index is 2.35. The van der Waals surface area contributed by atoms with Crippen molar-refractivity contribution in [3.63, 3.8) is 0 Å². The largest absolute Gasteiger partial charge is 0.497 e. The Morgan fingerprint density at radius 1 is 1.29 bits per heavy atom. The molecule has 4 heteroatoms. The van der Waals surface area contributed by atoms with Crippen LogP contribution in [0, 0.1) is 0 Å². The molecule has 2 N–H and O–H groups in total. The number of nitrogens with one attached hydrogen (secondary N) is 1. The van der Waals surface area contributed by atoms with Crippen LogP contribution in [0.5, 0.6) is 5.75 Å². The van der Waals surface area contributed by atoms with Gasteiger partial charge in [-0.1, -0.05) is 0 Å². The van der Waals surface area contributed by atoms with Crippen LogP contribution in [0.25, 0.3) is 0 Å². The number of morpholine rings is 1. The lowest BCUT2D eigenvalue weighted by atomic mass is 9.86. The van der Waals surface area contributed by atoms with Gasteiger partial charge in [0.25, 0.3) is 0 Å². The molecule has 0 saturated carbocycles. The fourth-order valence-corrected chi connectivity index (χ4v) is 2.12. The Bertz CT molecular complexity index is 388. The number of ether oxygens (including phenoxy) is 2. The second-order valence-corrected chi connectivity index (χ2v) is 4.77. The van der Waals surface area contributed by atoms with E-state index in [-0.39, 0.29) is 0 Å². The van der Waals surface area contributed by atoms with Gasteiger partial charge in [0.1, 0.15) is 5.75 Å². The molecule has 0 aromatic heterocycles. The third-order valence-corrected chi connectivity index (χ3v) is 3.31. The minimum absolute atomic E-state index is 0.492. The summed E-state index contributed by atoms with van der Waals surface area (Å²) in [6, 6.07) is 7.30. The quantitative estimate of drug-likeness (QED) is 0.812. The third kappa shape index (κ3) is 2.04. The first-order valence-corrected chi connectivity index (χ1v) is 5.75. The van der Waals surface area contributed by atoms with E-state index >= 15 is 0 Å². The number of rotatable bonds is 2. The molecule has 17 heavy (non-hydrogen) atoms. The van der Waals surface area contributed by atoms with Crippen LogP contribution in [0.3, 0.4) is 0 Å². The van der Waals surface area contributed by atoms with E-state index in [1.165, 1.54) is 0 Å². The number of methoxy groups -OCH3 is 1. The van der Waals surface area contributed by atoms with E-state index in [0.29, 0.717) is 6.61 Å². The molecule has 0 amide bonds. The molecule has 1 aromatic carbocycles. The lowest BCUT2D eigenvalue weighted by Crippen LogP contribution is -2.63. The van der Waals surface area contributed by atoms with Crippen molar-refractivity contribution in [1.29, 1.82) is 0 Å². The van der Waals surface area contributed by atoms with Crippen LogP contribution in [-0.2, 0) is 10.5 Å². The maximum atomic E-state index is 10.7. The van der Waals surface area contributed by atoms with Crippen molar-refractivity contribution in [1.82, 2.24) is 5.32 Å². The van der Waals surface area contributed by atoms with Crippen molar-refractivity contribution in [3.8, 4) is 5.75 Å². The van der Waals surface area contributed by atoms with Gasteiger partial charge in [-0.2, -0.15) is 0 Å². The Morgan fingerprint density at radius 3 is 2.47 bits per heavy atom. The maximum Gasteiger partial charge on any atom is 0.210 e. The SMILES string of the molecule is COc1ccc(C2(O)OCCNC2(C)C)cc1. The first-order chi connectivity index (χ1) is 7.99.